The van der Waals surface area contributed by atoms with Crippen molar-refractivity contribution in [3.63, 3.8) is 0 Å². The number of hydrogen-bond acceptors (Lipinski definition) is 4. The summed E-state index contributed by atoms with van der Waals surface area (Å²) < 4.78 is 24.2. The number of aliphatic hydroxyl groups excluding tert-OH is 1. The summed E-state index contributed by atoms with van der Waals surface area (Å²) in [5.74, 6) is 0.264. The van der Waals surface area contributed by atoms with Crippen molar-refractivity contribution in [1.29, 1.82) is 0 Å². The molecule has 0 spiro atoms. The van der Waals surface area contributed by atoms with Crippen molar-refractivity contribution < 1.29 is 18.3 Å². The van der Waals surface area contributed by atoms with Crippen molar-refractivity contribution in [2.24, 2.45) is 0 Å². The van der Waals surface area contributed by atoms with Crippen LogP contribution in [-0.4, -0.2) is 67.9 Å². The number of amides is 2. The summed E-state index contributed by atoms with van der Waals surface area (Å²) in [6.45, 7) is 2.33. The van der Waals surface area contributed by atoms with E-state index in [4.69, 9.17) is 11.6 Å². The molecule has 0 radical (unpaired) electrons. The Morgan fingerprint density at radius 3 is 2.34 bits per heavy atom. The summed E-state index contributed by atoms with van der Waals surface area (Å²) in [4.78, 5) is 16.1. The zero-order chi connectivity index (χ0) is 20.8. The lowest BCUT2D eigenvalue weighted by Gasteiger charge is -2.41. The van der Waals surface area contributed by atoms with E-state index in [-0.39, 0.29) is 16.8 Å². The number of sulfone groups is 1. The van der Waals surface area contributed by atoms with Crippen LogP contribution in [0.5, 0.6) is 0 Å². The first-order valence-corrected chi connectivity index (χ1v) is 11.8. The van der Waals surface area contributed by atoms with Gasteiger partial charge >= 0.3 is 6.03 Å². The lowest BCUT2D eigenvalue weighted by atomic mass is 9.90. The van der Waals surface area contributed by atoms with Gasteiger partial charge in [-0.05, 0) is 29.7 Å². The third kappa shape index (κ3) is 4.13. The van der Waals surface area contributed by atoms with Crippen LogP contribution in [0.25, 0.3) is 11.1 Å². The highest BCUT2D eigenvalue weighted by Gasteiger charge is 2.36. The number of halogens is 1. The van der Waals surface area contributed by atoms with E-state index >= 15 is 0 Å². The number of aliphatic hydroxyl groups is 1. The number of likely N-dealkylation sites (tertiary alicyclic amines) is 2. The van der Waals surface area contributed by atoms with Gasteiger partial charge in [-0.15, -0.1) is 0 Å². The fourth-order valence-electron chi connectivity index (χ4n) is 3.94. The molecular weight excluding hydrogens is 412 g/mol. The minimum atomic E-state index is -3.40. The SMILES string of the molecule is CS(=O)(=O)c1cc(Cl)ccc1-c1ccc(C2CN(C(=O)N3CC[C@@H](O)C3)C2)cc1. The number of β-amino-alcohol motifs (C(OH)–C–C–N with tert-alkyl or cyclic N) is 1. The number of urea groups is 1. The average Bonchev–Trinajstić information content (AvgIpc) is 3.07. The second-order valence-electron chi connectivity index (χ2n) is 7.81. The van der Waals surface area contributed by atoms with Crippen LogP contribution in [0, 0.1) is 0 Å². The second-order valence-corrected chi connectivity index (χ2v) is 10.2. The third-order valence-electron chi connectivity index (χ3n) is 5.62. The second kappa shape index (κ2) is 7.63. The molecule has 2 aromatic rings. The van der Waals surface area contributed by atoms with Crippen molar-refractivity contribution in [2.75, 3.05) is 32.4 Å². The molecule has 2 amide bonds. The summed E-state index contributed by atoms with van der Waals surface area (Å²) in [6.07, 6.45) is 1.41. The fourth-order valence-corrected chi connectivity index (χ4v) is 5.10. The van der Waals surface area contributed by atoms with Crippen molar-refractivity contribution >= 4 is 27.5 Å². The maximum absolute atomic E-state index is 12.4. The zero-order valence-electron chi connectivity index (χ0n) is 16.1. The topological polar surface area (TPSA) is 77.9 Å². The van der Waals surface area contributed by atoms with E-state index in [1.54, 1.807) is 21.9 Å². The Bertz CT molecular complexity index is 1030. The number of nitrogens with zero attached hydrogens (tertiary/aromatic N) is 2. The van der Waals surface area contributed by atoms with Crippen molar-refractivity contribution in [3.05, 3.63) is 53.1 Å². The molecule has 154 valence electrons. The Morgan fingerprint density at radius 2 is 1.76 bits per heavy atom. The molecule has 0 saturated carbocycles. The standard InChI is InChI=1S/C21H23ClN2O4S/c1-29(27,28)20-10-17(22)6-7-19(20)15-4-2-14(3-5-15)16-11-24(12-16)21(26)23-9-8-18(25)13-23/h2-7,10,16,18,25H,8-9,11-13H2,1H3/t18-/m1/s1. The van der Waals surface area contributed by atoms with Gasteiger partial charge in [0.2, 0.25) is 0 Å². The van der Waals surface area contributed by atoms with Crippen LogP contribution in [0.2, 0.25) is 5.02 Å². The monoisotopic (exact) mass is 434 g/mol. The van der Waals surface area contributed by atoms with Crippen LogP contribution < -0.4 is 0 Å². The predicted molar refractivity (Wildman–Crippen MR) is 112 cm³/mol. The molecule has 8 heteroatoms. The molecule has 2 aliphatic rings. The van der Waals surface area contributed by atoms with E-state index in [0.29, 0.717) is 43.2 Å². The molecule has 2 aliphatic heterocycles. The minimum absolute atomic E-state index is 0.00613. The molecule has 4 rings (SSSR count). The van der Waals surface area contributed by atoms with Crippen molar-refractivity contribution in [2.45, 2.75) is 23.3 Å². The largest absolute Gasteiger partial charge is 0.391 e. The minimum Gasteiger partial charge on any atom is -0.391 e. The maximum atomic E-state index is 12.4. The third-order valence-corrected chi connectivity index (χ3v) is 6.99. The molecule has 0 unspecified atom stereocenters. The van der Waals surface area contributed by atoms with Gasteiger partial charge in [-0.2, -0.15) is 0 Å². The number of carbonyl (C=O) groups excluding carboxylic acids is 1. The van der Waals surface area contributed by atoms with E-state index in [2.05, 4.69) is 0 Å². The van der Waals surface area contributed by atoms with Gasteiger partial charge in [0.15, 0.2) is 9.84 Å². The van der Waals surface area contributed by atoms with Gasteiger partial charge < -0.3 is 14.9 Å². The Kier molecular flexibility index (Phi) is 5.31. The molecule has 2 fully saturated rings. The van der Waals surface area contributed by atoms with Crippen molar-refractivity contribution in [1.82, 2.24) is 9.80 Å². The Hall–Kier alpha value is -2.09. The molecular formula is C21H23ClN2O4S. The number of rotatable bonds is 3. The average molecular weight is 435 g/mol. The molecule has 1 atom stereocenters. The molecule has 6 nitrogen and oxygen atoms in total. The first-order chi connectivity index (χ1) is 13.7. The van der Waals surface area contributed by atoms with E-state index in [9.17, 15) is 18.3 Å². The van der Waals surface area contributed by atoms with Crippen molar-refractivity contribution in [3.8, 4) is 11.1 Å². The first-order valence-electron chi connectivity index (χ1n) is 9.54. The van der Waals surface area contributed by atoms with E-state index in [1.807, 2.05) is 24.3 Å². The summed E-state index contributed by atoms with van der Waals surface area (Å²) in [5.41, 5.74) is 2.56. The maximum Gasteiger partial charge on any atom is 0.320 e. The van der Waals surface area contributed by atoms with E-state index in [1.165, 1.54) is 12.3 Å². The molecule has 1 N–H and O–H groups in total. The van der Waals surface area contributed by atoms with Gasteiger partial charge in [0, 0.05) is 48.9 Å². The van der Waals surface area contributed by atoms with Gasteiger partial charge in [-0.25, -0.2) is 13.2 Å². The van der Waals surface area contributed by atoms with Gasteiger partial charge in [-0.1, -0.05) is 41.9 Å². The van der Waals surface area contributed by atoms with Crippen LogP contribution in [0.4, 0.5) is 4.79 Å². The Labute approximate surface area is 175 Å². The molecule has 0 bridgehead atoms. The molecule has 2 heterocycles. The first kappa shape index (κ1) is 20.2. The lowest BCUT2D eigenvalue weighted by Crippen LogP contribution is -2.53. The molecule has 0 aromatic heterocycles. The van der Waals surface area contributed by atoms with Crippen LogP contribution in [0.15, 0.2) is 47.4 Å². The summed E-state index contributed by atoms with van der Waals surface area (Å²) in [5, 5.41) is 9.98. The highest BCUT2D eigenvalue weighted by Crippen LogP contribution is 2.33. The number of hydrogen-bond donors (Lipinski definition) is 1. The predicted octanol–water partition coefficient (Wildman–Crippen LogP) is 3.00. The molecule has 29 heavy (non-hydrogen) atoms. The van der Waals surface area contributed by atoms with Gasteiger partial charge in [0.1, 0.15) is 0 Å². The normalized spacial score (nSPS) is 20.0. The van der Waals surface area contributed by atoms with E-state index in [0.717, 1.165) is 11.1 Å². The van der Waals surface area contributed by atoms with E-state index < -0.39 is 15.9 Å². The fraction of sp³-hybridized carbons (Fsp3) is 0.381. The molecule has 2 aromatic carbocycles. The van der Waals surface area contributed by atoms with Crippen LogP contribution in [-0.2, 0) is 9.84 Å². The number of carbonyl (C=O) groups is 1. The smallest absolute Gasteiger partial charge is 0.320 e. The lowest BCUT2D eigenvalue weighted by molar-refractivity contribution is 0.114. The van der Waals surface area contributed by atoms with Gasteiger partial charge in [0.25, 0.3) is 0 Å². The summed E-state index contributed by atoms with van der Waals surface area (Å²) in [6, 6.07) is 12.7. The highest BCUT2D eigenvalue weighted by molar-refractivity contribution is 7.90. The molecule has 0 aliphatic carbocycles. The van der Waals surface area contributed by atoms with Crippen LogP contribution in [0.1, 0.15) is 17.9 Å². The quantitative estimate of drug-likeness (QED) is 0.805. The molecule has 2 saturated heterocycles. The highest BCUT2D eigenvalue weighted by atomic mass is 35.5. The van der Waals surface area contributed by atoms with Crippen LogP contribution >= 0.6 is 11.6 Å². The number of benzene rings is 2. The summed E-state index contributed by atoms with van der Waals surface area (Å²) in [7, 11) is -3.40. The van der Waals surface area contributed by atoms with Crippen LogP contribution in [0.3, 0.4) is 0 Å². The Morgan fingerprint density at radius 1 is 1.07 bits per heavy atom. The van der Waals surface area contributed by atoms with Gasteiger partial charge in [0.05, 0.1) is 11.0 Å². The summed E-state index contributed by atoms with van der Waals surface area (Å²) >= 11 is 5.98. The Balaban J connectivity index is 1.46. The van der Waals surface area contributed by atoms with Gasteiger partial charge in [-0.3, -0.25) is 0 Å². The zero-order valence-corrected chi connectivity index (χ0v) is 17.7.